The molecule has 0 aliphatic heterocycles. The number of hydrogen-bond donors (Lipinski definition) is 2. The Balaban J connectivity index is 0. The third-order valence-corrected chi connectivity index (χ3v) is 3.58. The molecule has 0 aromatic carbocycles. The van der Waals surface area contributed by atoms with Gasteiger partial charge >= 0.3 is 0 Å². The number of halogens is 2. The van der Waals surface area contributed by atoms with Crippen LogP contribution in [0.5, 0.6) is 0 Å². The lowest BCUT2D eigenvalue weighted by atomic mass is 9.92. The molecule has 1 unspecified atom stereocenters. The Hall–Kier alpha value is -0.360. The number of rotatable bonds is 4. The highest BCUT2D eigenvalue weighted by Gasteiger charge is 2.27. The van der Waals surface area contributed by atoms with Crippen LogP contribution in [0.25, 0.3) is 0 Å². The number of thiazole rings is 1. The van der Waals surface area contributed by atoms with Crippen LogP contribution >= 0.6 is 36.2 Å². The maximum atomic E-state index is 11.9. The monoisotopic (exact) mass is 313 g/mol. The summed E-state index contributed by atoms with van der Waals surface area (Å²) in [6, 6.07) is -0.0583. The van der Waals surface area contributed by atoms with Gasteiger partial charge in [-0.25, -0.2) is 4.98 Å². The van der Waals surface area contributed by atoms with E-state index in [4.69, 9.17) is 5.73 Å². The number of aromatic nitrogens is 1. The van der Waals surface area contributed by atoms with Gasteiger partial charge < -0.3 is 11.1 Å². The minimum absolute atomic E-state index is 0. The van der Waals surface area contributed by atoms with E-state index in [9.17, 15) is 4.79 Å². The molecular formula is C11H21Cl2N3OS. The Bertz CT molecular complexity index is 382. The van der Waals surface area contributed by atoms with E-state index in [0.29, 0.717) is 6.54 Å². The fourth-order valence-corrected chi connectivity index (χ4v) is 1.90. The number of hydrogen-bond acceptors (Lipinski definition) is 4. The minimum atomic E-state index is -0.527. The summed E-state index contributed by atoms with van der Waals surface area (Å²) in [6.07, 6.45) is 1.82. The van der Waals surface area contributed by atoms with Crippen LogP contribution in [-0.4, -0.2) is 17.4 Å². The highest BCUT2D eigenvalue weighted by atomic mass is 35.5. The number of aryl methyl sites for hydroxylation is 1. The molecule has 0 saturated heterocycles. The van der Waals surface area contributed by atoms with Crippen LogP contribution < -0.4 is 11.1 Å². The molecule has 1 atom stereocenters. The topological polar surface area (TPSA) is 68.0 Å². The largest absolute Gasteiger partial charge is 0.347 e. The van der Waals surface area contributed by atoms with Gasteiger partial charge in [-0.2, -0.15) is 0 Å². The lowest BCUT2D eigenvalue weighted by Crippen LogP contribution is -2.42. The van der Waals surface area contributed by atoms with E-state index in [-0.39, 0.29) is 36.8 Å². The van der Waals surface area contributed by atoms with Crippen molar-refractivity contribution < 1.29 is 4.79 Å². The molecular weight excluding hydrogens is 293 g/mol. The van der Waals surface area contributed by atoms with Crippen molar-refractivity contribution >= 4 is 42.1 Å². The molecule has 4 nitrogen and oxygen atoms in total. The van der Waals surface area contributed by atoms with Gasteiger partial charge in [0.05, 0.1) is 11.5 Å². The maximum absolute atomic E-state index is 11.9. The van der Waals surface area contributed by atoms with Gasteiger partial charge in [0, 0.05) is 17.6 Å². The zero-order valence-electron chi connectivity index (χ0n) is 11.0. The first kappa shape index (κ1) is 20.0. The van der Waals surface area contributed by atoms with Gasteiger partial charge in [0.25, 0.3) is 0 Å². The summed E-state index contributed by atoms with van der Waals surface area (Å²) in [7, 11) is 0. The first-order valence-corrected chi connectivity index (χ1v) is 6.12. The van der Waals surface area contributed by atoms with Gasteiger partial charge in [0.2, 0.25) is 5.91 Å². The SMILES string of the molecule is Cc1cnc(C(C)NC(=O)C(C)(C)CN)s1.Cl.Cl. The van der Waals surface area contributed by atoms with Crippen molar-refractivity contribution in [3.05, 3.63) is 16.1 Å². The van der Waals surface area contributed by atoms with Crippen LogP contribution in [0, 0.1) is 12.3 Å². The summed E-state index contributed by atoms with van der Waals surface area (Å²) in [5.74, 6) is -0.0321. The third kappa shape index (κ3) is 5.10. The van der Waals surface area contributed by atoms with Gasteiger partial charge in [-0.3, -0.25) is 4.79 Å². The van der Waals surface area contributed by atoms with E-state index in [1.807, 2.05) is 33.9 Å². The quantitative estimate of drug-likeness (QED) is 0.897. The van der Waals surface area contributed by atoms with Crippen molar-refractivity contribution in [3.8, 4) is 0 Å². The molecule has 18 heavy (non-hydrogen) atoms. The van der Waals surface area contributed by atoms with Crippen molar-refractivity contribution in [2.24, 2.45) is 11.1 Å². The van der Waals surface area contributed by atoms with Gasteiger partial charge in [-0.05, 0) is 27.7 Å². The van der Waals surface area contributed by atoms with E-state index in [1.165, 1.54) is 0 Å². The van der Waals surface area contributed by atoms with Gasteiger partial charge in [0.1, 0.15) is 5.01 Å². The van der Waals surface area contributed by atoms with E-state index >= 15 is 0 Å². The van der Waals surface area contributed by atoms with Crippen LogP contribution in [-0.2, 0) is 4.79 Å². The first-order chi connectivity index (χ1) is 7.36. The maximum Gasteiger partial charge on any atom is 0.227 e. The molecule has 1 rings (SSSR count). The van der Waals surface area contributed by atoms with Crippen LogP contribution in [0.3, 0.4) is 0 Å². The smallest absolute Gasteiger partial charge is 0.227 e. The fourth-order valence-electron chi connectivity index (χ4n) is 1.12. The highest BCUT2D eigenvalue weighted by Crippen LogP contribution is 2.21. The first-order valence-electron chi connectivity index (χ1n) is 5.30. The number of nitrogens with one attached hydrogen (secondary N) is 1. The van der Waals surface area contributed by atoms with E-state index in [0.717, 1.165) is 9.88 Å². The molecule has 1 aromatic heterocycles. The highest BCUT2D eigenvalue weighted by molar-refractivity contribution is 7.11. The average molecular weight is 314 g/mol. The van der Waals surface area contributed by atoms with Gasteiger partial charge in [0.15, 0.2) is 0 Å². The Morgan fingerprint density at radius 3 is 2.50 bits per heavy atom. The second-order valence-electron chi connectivity index (χ2n) is 4.59. The van der Waals surface area contributed by atoms with Gasteiger partial charge in [-0.15, -0.1) is 36.2 Å². The molecule has 1 aromatic rings. The lowest BCUT2D eigenvalue weighted by Gasteiger charge is -2.23. The minimum Gasteiger partial charge on any atom is -0.347 e. The number of carbonyl (C=O) groups is 1. The van der Waals surface area contributed by atoms with Crippen molar-refractivity contribution in [2.75, 3.05) is 6.54 Å². The molecule has 106 valence electrons. The molecule has 0 bridgehead atoms. The summed E-state index contributed by atoms with van der Waals surface area (Å²) >= 11 is 1.60. The Kier molecular flexibility index (Phi) is 8.81. The molecule has 0 aliphatic rings. The van der Waals surface area contributed by atoms with Crippen LogP contribution in [0.2, 0.25) is 0 Å². The van der Waals surface area contributed by atoms with Crippen LogP contribution in [0.4, 0.5) is 0 Å². The molecule has 0 aliphatic carbocycles. The number of nitrogens with two attached hydrogens (primary N) is 1. The third-order valence-electron chi connectivity index (χ3n) is 2.48. The van der Waals surface area contributed by atoms with Crippen molar-refractivity contribution in [2.45, 2.75) is 33.7 Å². The van der Waals surface area contributed by atoms with E-state index in [2.05, 4.69) is 10.3 Å². The number of carbonyl (C=O) groups excluding carboxylic acids is 1. The molecule has 1 heterocycles. The standard InChI is InChI=1S/C11H19N3OS.2ClH/c1-7-5-13-9(16-7)8(2)14-10(15)11(3,4)6-12;;/h5,8H,6,12H2,1-4H3,(H,14,15);2*1H. The Labute approximate surface area is 125 Å². The second kappa shape index (κ2) is 7.94. The van der Waals surface area contributed by atoms with Crippen molar-refractivity contribution in [1.29, 1.82) is 0 Å². The number of amides is 1. The Morgan fingerprint density at radius 1 is 1.56 bits per heavy atom. The lowest BCUT2D eigenvalue weighted by molar-refractivity contribution is -0.129. The molecule has 0 radical (unpaired) electrons. The molecule has 0 fully saturated rings. The summed E-state index contributed by atoms with van der Waals surface area (Å²) in [5, 5.41) is 3.86. The summed E-state index contributed by atoms with van der Waals surface area (Å²) < 4.78 is 0. The van der Waals surface area contributed by atoms with Crippen LogP contribution in [0.15, 0.2) is 6.20 Å². The normalized spacial score (nSPS) is 12.1. The molecule has 0 spiro atoms. The van der Waals surface area contributed by atoms with E-state index < -0.39 is 5.41 Å². The molecule has 1 amide bonds. The summed E-state index contributed by atoms with van der Waals surface area (Å²) in [5.41, 5.74) is 5.02. The van der Waals surface area contributed by atoms with Crippen molar-refractivity contribution in [3.63, 3.8) is 0 Å². The van der Waals surface area contributed by atoms with Gasteiger partial charge in [-0.1, -0.05) is 0 Å². The molecule has 3 N–H and O–H groups in total. The van der Waals surface area contributed by atoms with Crippen molar-refractivity contribution in [1.82, 2.24) is 10.3 Å². The zero-order valence-corrected chi connectivity index (χ0v) is 13.5. The summed E-state index contributed by atoms with van der Waals surface area (Å²) in [4.78, 5) is 17.3. The van der Waals surface area contributed by atoms with Crippen LogP contribution in [0.1, 0.15) is 36.7 Å². The van der Waals surface area contributed by atoms with E-state index in [1.54, 1.807) is 11.3 Å². The molecule has 7 heteroatoms. The molecule has 0 saturated carbocycles. The second-order valence-corrected chi connectivity index (χ2v) is 5.86. The predicted molar refractivity (Wildman–Crippen MR) is 80.7 cm³/mol. The summed E-state index contributed by atoms with van der Waals surface area (Å²) in [6.45, 7) is 7.94. The zero-order chi connectivity index (χ0) is 12.3. The average Bonchev–Trinajstić information content (AvgIpc) is 2.64. The predicted octanol–water partition coefficient (Wildman–Crippen LogP) is 2.46. The fraction of sp³-hybridized carbons (Fsp3) is 0.636. The Morgan fingerprint density at radius 2 is 2.11 bits per heavy atom. The number of nitrogens with zero attached hydrogens (tertiary/aromatic N) is 1.